The van der Waals surface area contributed by atoms with E-state index in [2.05, 4.69) is 15.0 Å². The lowest BCUT2D eigenvalue weighted by atomic mass is 10.3. The van der Waals surface area contributed by atoms with Gasteiger partial charge in [0.2, 0.25) is 0 Å². The third kappa shape index (κ3) is 1.08. The van der Waals surface area contributed by atoms with E-state index in [1.54, 1.807) is 6.92 Å². The Balaban J connectivity index is 2.92. The van der Waals surface area contributed by atoms with E-state index >= 15 is 0 Å². The number of nitrogens with one attached hydrogen (secondary N) is 2. The summed E-state index contributed by atoms with van der Waals surface area (Å²) < 4.78 is 0. The molecule has 0 unspecified atom stereocenters. The summed E-state index contributed by atoms with van der Waals surface area (Å²) in [7, 11) is 0. The number of aryl methyl sites for hydroxylation is 1. The van der Waals surface area contributed by atoms with Crippen LogP contribution in [0.15, 0.2) is 11.0 Å². The normalized spacial score (nSPS) is 10.6. The lowest BCUT2D eigenvalue weighted by Gasteiger charge is -1.94. The molecule has 0 radical (unpaired) electrons. The van der Waals surface area contributed by atoms with Crippen molar-refractivity contribution in [2.75, 3.05) is 0 Å². The molecule has 1 amide bonds. The average molecular weight is 192 g/mol. The number of nitrogens with two attached hydrogens (primary N) is 1. The van der Waals surface area contributed by atoms with Crippen molar-refractivity contribution in [1.29, 1.82) is 0 Å². The van der Waals surface area contributed by atoms with E-state index in [0.717, 1.165) is 0 Å². The zero-order chi connectivity index (χ0) is 10.3. The van der Waals surface area contributed by atoms with Crippen molar-refractivity contribution in [2.24, 2.45) is 5.73 Å². The first-order valence-corrected chi connectivity index (χ1v) is 3.97. The van der Waals surface area contributed by atoms with Gasteiger partial charge in [0.05, 0.1) is 5.56 Å². The Morgan fingerprint density at radius 1 is 1.57 bits per heavy atom. The van der Waals surface area contributed by atoms with Gasteiger partial charge in [-0.15, -0.1) is 0 Å². The van der Waals surface area contributed by atoms with Gasteiger partial charge in [0, 0.05) is 6.20 Å². The minimum atomic E-state index is -0.603. The van der Waals surface area contributed by atoms with Crippen molar-refractivity contribution < 1.29 is 4.79 Å². The van der Waals surface area contributed by atoms with Crippen molar-refractivity contribution >= 4 is 16.9 Å². The van der Waals surface area contributed by atoms with Crippen LogP contribution in [-0.4, -0.2) is 20.9 Å². The first kappa shape index (κ1) is 8.49. The standard InChI is InChI=1S/C8H8N4O2/c1-3-11-5-4(7(9)13)2-10-6(5)8(14)12-3/h2,10H,1H3,(H2,9,13)(H,11,12,14). The summed E-state index contributed by atoms with van der Waals surface area (Å²) >= 11 is 0. The molecule has 0 aliphatic heterocycles. The van der Waals surface area contributed by atoms with Crippen LogP contribution in [0.5, 0.6) is 0 Å². The molecule has 0 saturated heterocycles. The van der Waals surface area contributed by atoms with Crippen molar-refractivity contribution in [3.05, 3.63) is 27.9 Å². The smallest absolute Gasteiger partial charge is 0.275 e. The van der Waals surface area contributed by atoms with Crippen LogP contribution in [-0.2, 0) is 0 Å². The van der Waals surface area contributed by atoms with E-state index in [0.29, 0.717) is 11.3 Å². The highest BCUT2D eigenvalue weighted by Crippen LogP contribution is 2.10. The number of carbonyl (C=O) groups excluding carboxylic acids is 1. The van der Waals surface area contributed by atoms with Gasteiger partial charge in [0.1, 0.15) is 16.9 Å². The minimum Gasteiger partial charge on any atom is -0.365 e. The quantitative estimate of drug-likeness (QED) is 0.575. The number of hydrogen-bond acceptors (Lipinski definition) is 3. The van der Waals surface area contributed by atoms with Gasteiger partial charge in [0.25, 0.3) is 11.5 Å². The van der Waals surface area contributed by atoms with Gasteiger partial charge in [-0.25, -0.2) is 4.98 Å². The summed E-state index contributed by atoms with van der Waals surface area (Å²) in [5, 5.41) is 0. The number of hydrogen-bond donors (Lipinski definition) is 3. The number of rotatable bonds is 1. The molecule has 0 aliphatic rings. The molecule has 0 spiro atoms. The van der Waals surface area contributed by atoms with Crippen molar-refractivity contribution in [2.45, 2.75) is 6.92 Å². The first-order chi connectivity index (χ1) is 6.59. The monoisotopic (exact) mass is 192 g/mol. The molecule has 2 heterocycles. The van der Waals surface area contributed by atoms with Crippen LogP contribution in [0.4, 0.5) is 0 Å². The summed E-state index contributed by atoms with van der Waals surface area (Å²) in [5.41, 5.74) is 5.62. The molecule has 4 N–H and O–H groups in total. The maximum absolute atomic E-state index is 11.4. The number of amides is 1. The fourth-order valence-electron chi connectivity index (χ4n) is 1.32. The highest BCUT2D eigenvalue weighted by atomic mass is 16.1. The van der Waals surface area contributed by atoms with E-state index in [4.69, 9.17) is 5.73 Å². The number of aromatic amines is 2. The van der Waals surface area contributed by atoms with Crippen LogP contribution in [0.2, 0.25) is 0 Å². The molecule has 0 aromatic carbocycles. The van der Waals surface area contributed by atoms with Crippen molar-refractivity contribution in [3.63, 3.8) is 0 Å². The Kier molecular flexibility index (Phi) is 1.63. The zero-order valence-corrected chi connectivity index (χ0v) is 7.42. The molecular formula is C8H8N4O2. The van der Waals surface area contributed by atoms with Gasteiger partial charge in [-0.05, 0) is 6.92 Å². The Bertz CT molecular complexity index is 566. The van der Waals surface area contributed by atoms with Crippen LogP contribution in [0.3, 0.4) is 0 Å². The number of primary amides is 1. The second-order valence-corrected chi connectivity index (χ2v) is 2.94. The number of nitrogens with zero attached hydrogens (tertiary/aromatic N) is 1. The van der Waals surface area contributed by atoms with E-state index < -0.39 is 5.91 Å². The van der Waals surface area contributed by atoms with Crippen LogP contribution in [0, 0.1) is 6.92 Å². The first-order valence-electron chi connectivity index (χ1n) is 3.97. The fraction of sp³-hybridized carbons (Fsp3) is 0.125. The average Bonchev–Trinajstić information content (AvgIpc) is 2.47. The lowest BCUT2D eigenvalue weighted by Crippen LogP contribution is -2.13. The lowest BCUT2D eigenvalue weighted by molar-refractivity contribution is 0.100. The fourth-order valence-corrected chi connectivity index (χ4v) is 1.32. The van der Waals surface area contributed by atoms with E-state index in [-0.39, 0.29) is 16.6 Å². The molecule has 2 aromatic heterocycles. The molecular weight excluding hydrogens is 184 g/mol. The summed E-state index contributed by atoms with van der Waals surface area (Å²) in [6, 6.07) is 0. The van der Waals surface area contributed by atoms with E-state index in [1.807, 2.05) is 0 Å². The minimum absolute atomic E-state index is 0.231. The Morgan fingerprint density at radius 3 is 2.93 bits per heavy atom. The highest BCUT2D eigenvalue weighted by molar-refractivity contribution is 6.04. The molecule has 14 heavy (non-hydrogen) atoms. The number of fused-ring (bicyclic) bond motifs is 1. The largest absolute Gasteiger partial charge is 0.365 e. The number of H-pyrrole nitrogens is 2. The molecule has 6 nitrogen and oxygen atoms in total. The van der Waals surface area contributed by atoms with Crippen LogP contribution >= 0.6 is 0 Å². The Hall–Kier alpha value is -2.11. The zero-order valence-electron chi connectivity index (χ0n) is 7.42. The second-order valence-electron chi connectivity index (χ2n) is 2.94. The van der Waals surface area contributed by atoms with Crippen LogP contribution in [0.1, 0.15) is 16.2 Å². The van der Waals surface area contributed by atoms with Gasteiger partial charge in [0.15, 0.2) is 0 Å². The molecule has 0 aliphatic carbocycles. The van der Waals surface area contributed by atoms with E-state index in [9.17, 15) is 9.59 Å². The van der Waals surface area contributed by atoms with Gasteiger partial charge < -0.3 is 15.7 Å². The summed E-state index contributed by atoms with van der Waals surface area (Å²) in [6.07, 6.45) is 1.38. The van der Waals surface area contributed by atoms with Crippen LogP contribution < -0.4 is 11.3 Å². The third-order valence-corrected chi connectivity index (χ3v) is 1.92. The Morgan fingerprint density at radius 2 is 2.29 bits per heavy atom. The number of aromatic nitrogens is 3. The molecule has 6 heteroatoms. The van der Waals surface area contributed by atoms with Gasteiger partial charge in [-0.2, -0.15) is 0 Å². The topological polar surface area (TPSA) is 105 Å². The Labute approximate surface area is 78.2 Å². The molecule has 0 atom stereocenters. The molecule has 0 saturated carbocycles. The van der Waals surface area contributed by atoms with E-state index in [1.165, 1.54) is 6.20 Å². The molecule has 72 valence electrons. The number of carbonyl (C=O) groups is 1. The molecule has 2 aromatic rings. The van der Waals surface area contributed by atoms with Gasteiger partial charge in [-0.3, -0.25) is 9.59 Å². The van der Waals surface area contributed by atoms with Crippen molar-refractivity contribution in [1.82, 2.24) is 15.0 Å². The summed E-state index contributed by atoms with van der Waals surface area (Å²) in [4.78, 5) is 31.5. The molecule has 0 bridgehead atoms. The summed E-state index contributed by atoms with van der Waals surface area (Å²) in [5.74, 6) is -0.154. The highest BCUT2D eigenvalue weighted by Gasteiger charge is 2.12. The predicted octanol–water partition coefficient (Wildman–Crippen LogP) is -0.341. The predicted molar refractivity (Wildman–Crippen MR) is 50.0 cm³/mol. The second kappa shape index (κ2) is 2.69. The van der Waals surface area contributed by atoms with Crippen LogP contribution in [0.25, 0.3) is 11.0 Å². The molecule has 0 fully saturated rings. The van der Waals surface area contributed by atoms with Crippen molar-refractivity contribution in [3.8, 4) is 0 Å². The van der Waals surface area contributed by atoms with Gasteiger partial charge in [-0.1, -0.05) is 0 Å². The molecule has 2 rings (SSSR count). The summed E-state index contributed by atoms with van der Waals surface area (Å²) in [6.45, 7) is 1.64. The van der Waals surface area contributed by atoms with Gasteiger partial charge >= 0.3 is 0 Å². The maximum Gasteiger partial charge on any atom is 0.275 e. The maximum atomic E-state index is 11.4. The SMILES string of the molecule is Cc1nc2c(C(N)=O)c[nH]c2c(=O)[nH]1. The third-order valence-electron chi connectivity index (χ3n) is 1.92.